The van der Waals surface area contributed by atoms with Crippen LogP contribution in [0, 0.1) is 0 Å². The van der Waals surface area contributed by atoms with Crippen molar-refractivity contribution in [2.24, 2.45) is 0 Å². The maximum Gasteiger partial charge on any atom is 0.258 e. The highest BCUT2D eigenvalue weighted by atomic mass is 35.5. The summed E-state index contributed by atoms with van der Waals surface area (Å²) in [6.45, 7) is 0.458. The van der Waals surface area contributed by atoms with Crippen LogP contribution in [0.15, 0.2) is 35.7 Å². The van der Waals surface area contributed by atoms with Crippen molar-refractivity contribution in [2.45, 2.75) is 6.04 Å². The number of ether oxygens (including phenoxy) is 1. The predicted molar refractivity (Wildman–Crippen MR) is 95.7 cm³/mol. The Labute approximate surface area is 150 Å². The fourth-order valence-corrected chi connectivity index (χ4v) is 3.21. The summed E-state index contributed by atoms with van der Waals surface area (Å²) in [5.41, 5.74) is 0. The number of rotatable bonds is 7. The number of halogens is 2. The number of benzene rings is 1. The van der Waals surface area contributed by atoms with Gasteiger partial charge in [0, 0.05) is 17.5 Å². The second kappa shape index (κ2) is 8.55. The Morgan fingerprint density at radius 2 is 2.09 bits per heavy atom. The van der Waals surface area contributed by atoms with Gasteiger partial charge in [0.25, 0.3) is 5.91 Å². The molecule has 0 bridgehead atoms. The number of hydrogen-bond acceptors (Lipinski definition) is 4. The van der Waals surface area contributed by atoms with Crippen molar-refractivity contribution in [1.82, 2.24) is 10.2 Å². The van der Waals surface area contributed by atoms with Gasteiger partial charge in [-0.1, -0.05) is 29.3 Å². The Morgan fingerprint density at radius 1 is 1.30 bits per heavy atom. The molecule has 23 heavy (non-hydrogen) atoms. The molecule has 0 spiro atoms. The second-order valence-electron chi connectivity index (χ2n) is 5.16. The molecule has 0 saturated carbocycles. The van der Waals surface area contributed by atoms with Crippen LogP contribution in [0.3, 0.4) is 0 Å². The molecule has 1 unspecified atom stereocenters. The van der Waals surface area contributed by atoms with Crippen molar-refractivity contribution < 1.29 is 9.53 Å². The second-order valence-corrected chi connectivity index (χ2v) is 6.96. The fraction of sp³-hybridized carbons (Fsp3) is 0.312. The number of carbonyl (C=O) groups is 1. The number of hydrogen-bond donors (Lipinski definition) is 1. The highest BCUT2D eigenvalue weighted by Crippen LogP contribution is 2.26. The Kier molecular flexibility index (Phi) is 6.72. The summed E-state index contributed by atoms with van der Waals surface area (Å²) in [6, 6.07) is 9.11. The van der Waals surface area contributed by atoms with Crippen LogP contribution in [0.1, 0.15) is 10.9 Å². The highest BCUT2D eigenvalue weighted by molar-refractivity contribution is 7.10. The lowest BCUT2D eigenvalue weighted by Gasteiger charge is -2.23. The van der Waals surface area contributed by atoms with Crippen LogP contribution in [0.2, 0.25) is 10.0 Å². The van der Waals surface area contributed by atoms with E-state index in [1.807, 2.05) is 25.5 Å². The third kappa shape index (κ3) is 5.39. The molecule has 0 aliphatic heterocycles. The van der Waals surface area contributed by atoms with Gasteiger partial charge in [0.1, 0.15) is 5.75 Å². The molecular formula is C16H18Cl2N2O2S. The van der Waals surface area contributed by atoms with Gasteiger partial charge in [-0.15, -0.1) is 11.3 Å². The number of thiophene rings is 1. The van der Waals surface area contributed by atoms with E-state index in [9.17, 15) is 4.79 Å². The normalized spacial score (nSPS) is 12.2. The van der Waals surface area contributed by atoms with Gasteiger partial charge in [0.05, 0.1) is 16.1 Å². The summed E-state index contributed by atoms with van der Waals surface area (Å²) in [4.78, 5) is 15.2. The molecule has 1 N–H and O–H groups in total. The largest absolute Gasteiger partial charge is 0.484 e. The molecule has 0 fully saturated rings. The third-order valence-electron chi connectivity index (χ3n) is 3.25. The van der Waals surface area contributed by atoms with Crippen LogP contribution in [0.4, 0.5) is 0 Å². The van der Waals surface area contributed by atoms with Crippen molar-refractivity contribution in [1.29, 1.82) is 0 Å². The molecule has 124 valence electrons. The van der Waals surface area contributed by atoms with Crippen LogP contribution in [-0.4, -0.2) is 38.1 Å². The van der Waals surface area contributed by atoms with Crippen LogP contribution in [0.25, 0.3) is 0 Å². The van der Waals surface area contributed by atoms with Gasteiger partial charge >= 0.3 is 0 Å². The molecule has 1 atom stereocenters. The number of nitrogens with one attached hydrogen (secondary N) is 1. The van der Waals surface area contributed by atoms with Gasteiger partial charge in [-0.25, -0.2) is 0 Å². The smallest absolute Gasteiger partial charge is 0.258 e. The molecule has 0 aliphatic rings. The predicted octanol–water partition coefficient (Wildman–Crippen LogP) is 3.85. The van der Waals surface area contributed by atoms with Crippen LogP contribution >= 0.6 is 34.5 Å². The first-order valence-electron chi connectivity index (χ1n) is 7.01. The molecule has 4 nitrogen and oxygen atoms in total. The van der Waals surface area contributed by atoms with Crippen molar-refractivity contribution in [3.63, 3.8) is 0 Å². The van der Waals surface area contributed by atoms with E-state index in [1.54, 1.807) is 29.5 Å². The quantitative estimate of drug-likeness (QED) is 0.802. The van der Waals surface area contributed by atoms with E-state index in [0.717, 1.165) is 0 Å². The molecule has 7 heteroatoms. The summed E-state index contributed by atoms with van der Waals surface area (Å²) in [6.07, 6.45) is 0. The van der Waals surface area contributed by atoms with Crippen molar-refractivity contribution in [3.8, 4) is 5.75 Å². The van der Waals surface area contributed by atoms with Crippen LogP contribution in [0.5, 0.6) is 5.75 Å². The topological polar surface area (TPSA) is 41.6 Å². The Balaban J connectivity index is 1.83. The first-order valence-corrected chi connectivity index (χ1v) is 8.65. The van der Waals surface area contributed by atoms with E-state index in [-0.39, 0.29) is 18.6 Å². The summed E-state index contributed by atoms with van der Waals surface area (Å²) in [7, 11) is 3.98. The van der Waals surface area contributed by atoms with Gasteiger partial charge in [0.2, 0.25) is 0 Å². The number of likely N-dealkylation sites (N-methyl/N-ethyl adjacent to an activating group) is 1. The summed E-state index contributed by atoms with van der Waals surface area (Å²) < 4.78 is 5.42. The minimum Gasteiger partial charge on any atom is -0.484 e. The molecular weight excluding hydrogens is 355 g/mol. The Hall–Kier alpha value is -1.27. The van der Waals surface area contributed by atoms with Gasteiger partial charge < -0.3 is 15.0 Å². The molecule has 1 aromatic carbocycles. The first kappa shape index (κ1) is 18.1. The van der Waals surface area contributed by atoms with E-state index in [1.165, 1.54) is 4.88 Å². The van der Waals surface area contributed by atoms with Crippen molar-refractivity contribution >= 4 is 40.4 Å². The Morgan fingerprint density at radius 3 is 2.70 bits per heavy atom. The molecule has 1 aromatic heterocycles. The van der Waals surface area contributed by atoms with Crippen molar-refractivity contribution in [3.05, 3.63) is 50.6 Å². The zero-order chi connectivity index (χ0) is 16.8. The minimum atomic E-state index is -0.181. The third-order valence-corrected chi connectivity index (χ3v) is 4.96. The molecule has 1 heterocycles. The van der Waals surface area contributed by atoms with Crippen molar-refractivity contribution in [2.75, 3.05) is 27.2 Å². The monoisotopic (exact) mass is 372 g/mol. The lowest BCUT2D eigenvalue weighted by molar-refractivity contribution is -0.123. The average Bonchev–Trinajstić information content (AvgIpc) is 3.02. The number of carbonyl (C=O) groups excluding carboxylic acids is 1. The molecule has 0 saturated heterocycles. The maximum absolute atomic E-state index is 12.0. The molecule has 1 amide bonds. The zero-order valence-electron chi connectivity index (χ0n) is 12.9. The van der Waals surface area contributed by atoms with Crippen LogP contribution in [-0.2, 0) is 4.79 Å². The molecule has 0 aliphatic carbocycles. The highest BCUT2D eigenvalue weighted by Gasteiger charge is 2.16. The van der Waals surface area contributed by atoms with E-state index < -0.39 is 0 Å². The maximum atomic E-state index is 12.0. The Bertz CT molecular complexity index is 648. The first-order chi connectivity index (χ1) is 11.0. The van der Waals surface area contributed by atoms with Gasteiger partial charge in [-0.05, 0) is 37.7 Å². The number of nitrogens with zero attached hydrogens (tertiary/aromatic N) is 1. The van der Waals surface area contributed by atoms with Gasteiger partial charge in [-0.3, -0.25) is 4.79 Å². The minimum absolute atomic E-state index is 0.0669. The zero-order valence-corrected chi connectivity index (χ0v) is 15.2. The molecule has 2 rings (SSSR count). The average molecular weight is 373 g/mol. The van der Waals surface area contributed by atoms with Crippen LogP contribution < -0.4 is 10.1 Å². The van der Waals surface area contributed by atoms with E-state index in [0.29, 0.717) is 22.3 Å². The fourth-order valence-electron chi connectivity index (χ4n) is 2.00. The standard InChI is InChI=1S/C16H18Cl2N2O2S/c1-20(2)14(15-4-3-7-23-15)9-19-16(21)10-22-11-5-6-12(17)13(18)8-11/h3-8,14H,9-10H2,1-2H3,(H,19,21). The lowest BCUT2D eigenvalue weighted by atomic mass is 10.2. The molecule has 0 radical (unpaired) electrons. The SMILES string of the molecule is CN(C)C(CNC(=O)COc1ccc(Cl)c(Cl)c1)c1cccs1. The van der Waals surface area contributed by atoms with Gasteiger partial charge in [0.15, 0.2) is 6.61 Å². The van der Waals surface area contributed by atoms with E-state index in [2.05, 4.69) is 16.3 Å². The summed E-state index contributed by atoms with van der Waals surface area (Å²) >= 11 is 13.4. The summed E-state index contributed by atoms with van der Waals surface area (Å²) in [5.74, 6) is 0.330. The van der Waals surface area contributed by atoms with E-state index in [4.69, 9.17) is 27.9 Å². The summed E-state index contributed by atoms with van der Waals surface area (Å²) in [5, 5.41) is 5.77. The lowest BCUT2D eigenvalue weighted by Crippen LogP contribution is -2.36. The van der Waals surface area contributed by atoms with Gasteiger partial charge in [-0.2, -0.15) is 0 Å². The molecule has 2 aromatic rings. The number of amides is 1. The van der Waals surface area contributed by atoms with E-state index >= 15 is 0 Å².